The van der Waals surface area contributed by atoms with Gasteiger partial charge in [-0.25, -0.2) is 17.7 Å². The smallest absolute Gasteiger partial charge is 0.223 e. The summed E-state index contributed by atoms with van der Waals surface area (Å²) in [4.78, 5) is 4.09. The Morgan fingerprint density at radius 1 is 1.53 bits per heavy atom. The molecule has 0 saturated carbocycles. The maximum Gasteiger partial charge on any atom is 0.223 e. The lowest BCUT2D eigenvalue weighted by molar-refractivity contribution is 0.504. The second kappa shape index (κ2) is 4.32. The number of hydrogen-bond donors (Lipinski definition) is 0. The first-order chi connectivity index (χ1) is 6.91. The second-order valence-electron chi connectivity index (χ2n) is 3.54. The van der Waals surface area contributed by atoms with Crippen molar-refractivity contribution in [3.05, 3.63) is 18.2 Å². The van der Waals surface area contributed by atoms with E-state index in [1.54, 1.807) is 19.3 Å². The van der Waals surface area contributed by atoms with Crippen molar-refractivity contribution in [2.45, 2.75) is 25.6 Å². The van der Waals surface area contributed by atoms with Crippen LogP contribution in [0.1, 0.15) is 24.9 Å². The number of aromatic nitrogens is 2. The molecule has 0 bridgehead atoms. The zero-order valence-corrected chi connectivity index (χ0v) is 10.3. The third-order valence-electron chi connectivity index (χ3n) is 2.41. The largest absolute Gasteiger partial charge is 0.334 e. The van der Waals surface area contributed by atoms with Gasteiger partial charge >= 0.3 is 0 Å². The Labute approximate surface area is 90.8 Å². The average Bonchev–Trinajstić information content (AvgIpc) is 2.63. The Bertz CT molecular complexity index is 422. The standard InChI is InChI=1S/C9H17N3O2S/c1-5-12-7-6-10-9(12)8(2)15(13,14)11(3)4/h6-8H,5H2,1-4H3/t8-/m1/s1. The number of hydrogen-bond acceptors (Lipinski definition) is 3. The van der Waals surface area contributed by atoms with Gasteiger partial charge in [-0.1, -0.05) is 0 Å². The molecule has 0 spiro atoms. The first-order valence-corrected chi connectivity index (χ1v) is 6.34. The predicted molar refractivity (Wildman–Crippen MR) is 58.9 cm³/mol. The van der Waals surface area contributed by atoms with E-state index in [4.69, 9.17) is 0 Å². The first-order valence-electron chi connectivity index (χ1n) is 4.83. The molecule has 1 atom stereocenters. The quantitative estimate of drug-likeness (QED) is 0.772. The van der Waals surface area contributed by atoms with Crippen LogP contribution in [0.4, 0.5) is 0 Å². The monoisotopic (exact) mass is 231 g/mol. The lowest BCUT2D eigenvalue weighted by Crippen LogP contribution is -2.28. The van der Waals surface area contributed by atoms with Crippen molar-refractivity contribution < 1.29 is 8.42 Å². The van der Waals surface area contributed by atoms with Gasteiger partial charge in [-0.2, -0.15) is 0 Å². The van der Waals surface area contributed by atoms with Crippen molar-refractivity contribution in [1.82, 2.24) is 13.9 Å². The van der Waals surface area contributed by atoms with Crippen molar-refractivity contribution in [3.63, 3.8) is 0 Å². The molecule has 1 rings (SSSR count). The van der Waals surface area contributed by atoms with Crippen molar-refractivity contribution in [3.8, 4) is 0 Å². The molecule has 0 aliphatic rings. The van der Waals surface area contributed by atoms with Crippen LogP contribution >= 0.6 is 0 Å². The minimum atomic E-state index is -3.28. The van der Waals surface area contributed by atoms with Gasteiger partial charge in [0.1, 0.15) is 11.1 Å². The number of aryl methyl sites for hydroxylation is 1. The third kappa shape index (κ3) is 2.21. The Hall–Kier alpha value is -0.880. The predicted octanol–water partition coefficient (Wildman–Crippen LogP) is 0.855. The molecular weight excluding hydrogens is 214 g/mol. The van der Waals surface area contributed by atoms with Gasteiger partial charge < -0.3 is 4.57 Å². The Kier molecular flexibility index (Phi) is 3.51. The minimum absolute atomic E-state index is 0.589. The van der Waals surface area contributed by atoms with E-state index in [0.717, 1.165) is 6.54 Å². The van der Waals surface area contributed by atoms with E-state index >= 15 is 0 Å². The molecule has 1 aromatic heterocycles. The molecule has 0 saturated heterocycles. The summed E-state index contributed by atoms with van der Waals surface area (Å²) in [5.41, 5.74) is 0. The first kappa shape index (κ1) is 12.2. The van der Waals surface area contributed by atoms with Crippen LogP contribution in [-0.2, 0) is 16.6 Å². The third-order valence-corrected chi connectivity index (χ3v) is 4.53. The molecule has 0 radical (unpaired) electrons. The van der Waals surface area contributed by atoms with Crippen LogP contribution in [0.2, 0.25) is 0 Å². The number of rotatable bonds is 4. The molecule has 5 nitrogen and oxygen atoms in total. The lowest BCUT2D eigenvalue weighted by Gasteiger charge is -2.18. The highest BCUT2D eigenvalue weighted by Gasteiger charge is 2.28. The van der Waals surface area contributed by atoms with E-state index in [1.165, 1.54) is 18.4 Å². The zero-order chi connectivity index (χ0) is 11.6. The summed E-state index contributed by atoms with van der Waals surface area (Å²) in [7, 11) is -0.217. The normalized spacial score (nSPS) is 14.5. The maximum atomic E-state index is 11.9. The van der Waals surface area contributed by atoms with Crippen molar-refractivity contribution in [2.24, 2.45) is 0 Å². The Morgan fingerprint density at radius 3 is 2.60 bits per heavy atom. The number of nitrogens with zero attached hydrogens (tertiary/aromatic N) is 3. The molecule has 15 heavy (non-hydrogen) atoms. The van der Waals surface area contributed by atoms with E-state index in [2.05, 4.69) is 4.98 Å². The molecule has 86 valence electrons. The van der Waals surface area contributed by atoms with Crippen LogP contribution in [0.5, 0.6) is 0 Å². The van der Waals surface area contributed by atoms with E-state index in [0.29, 0.717) is 5.82 Å². The van der Waals surface area contributed by atoms with Crippen molar-refractivity contribution >= 4 is 10.0 Å². The zero-order valence-electron chi connectivity index (χ0n) is 9.51. The van der Waals surface area contributed by atoms with E-state index in [-0.39, 0.29) is 0 Å². The molecule has 0 fully saturated rings. The van der Waals surface area contributed by atoms with Gasteiger partial charge in [-0.3, -0.25) is 0 Å². The van der Waals surface area contributed by atoms with E-state index in [9.17, 15) is 8.42 Å². The molecule has 0 unspecified atom stereocenters. The maximum absolute atomic E-state index is 11.9. The van der Waals surface area contributed by atoms with E-state index < -0.39 is 15.3 Å². The van der Waals surface area contributed by atoms with Crippen LogP contribution in [0.3, 0.4) is 0 Å². The van der Waals surface area contributed by atoms with Gasteiger partial charge in [0.2, 0.25) is 10.0 Å². The van der Waals surface area contributed by atoms with Crippen LogP contribution < -0.4 is 0 Å². The summed E-state index contributed by atoms with van der Waals surface area (Å²) in [6.07, 6.45) is 3.41. The molecule has 6 heteroatoms. The highest BCUT2D eigenvalue weighted by atomic mass is 32.2. The number of imidazole rings is 1. The summed E-state index contributed by atoms with van der Waals surface area (Å²) in [5.74, 6) is 0.589. The molecule has 1 aromatic rings. The van der Waals surface area contributed by atoms with Gasteiger partial charge in [0.05, 0.1) is 0 Å². The summed E-state index contributed by atoms with van der Waals surface area (Å²) in [6, 6.07) is 0. The minimum Gasteiger partial charge on any atom is -0.334 e. The molecule has 0 aliphatic heterocycles. The van der Waals surface area contributed by atoms with Gasteiger partial charge in [0.15, 0.2) is 0 Å². The van der Waals surface area contributed by atoms with Gasteiger partial charge in [-0.05, 0) is 13.8 Å². The fourth-order valence-corrected chi connectivity index (χ4v) is 2.49. The van der Waals surface area contributed by atoms with Crippen LogP contribution in [0.25, 0.3) is 0 Å². The average molecular weight is 231 g/mol. The van der Waals surface area contributed by atoms with Crippen LogP contribution in [0, 0.1) is 0 Å². The molecular formula is C9H17N3O2S. The summed E-state index contributed by atoms with van der Waals surface area (Å²) < 4.78 is 26.8. The molecule has 1 heterocycles. The van der Waals surface area contributed by atoms with Crippen LogP contribution in [0.15, 0.2) is 12.4 Å². The Balaban J connectivity index is 3.10. The van der Waals surface area contributed by atoms with Crippen LogP contribution in [-0.4, -0.2) is 36.4 Å². The fraction of sp³-hybridized carbons (Fsp3) is 0.667. The summed E-state index contributed by atoms with van der Waals surface area (Å²) in [5, 5.41) is -0.609. The molecule has 0 aromatic carbocycles. The summed E-state index contributed by atoms with van der Waals surface area (Å²) in [6.45, 7) is 4.34. The fourth-order valence-electron chi connectivity index (χ4n) is 1.40. The molecule has 0 amide bonds. The van der Waals surface area contributed by atoms with Gasteiger partial charge in [-0.15, -0.1) is 0 Å². The highest BCUT2D eigenvalue weighted by Crippen LogP contribution is 2.21. The highest BCUT2D eigenvalue weighted by molar-refractivity contribution is 7.89. The van der Waals surface area contributed by atoms with Crippen molar-refractivity contribution in [2.75, 3.05) is 14.1 Å². The lowest BCUT2D eigenvalue weighted by atomic mass is 10.4. The van der Waals surface area contributed by atoms with Gasteiger partial charge in [0, 0.05) is 33.0 Å². The molecule has 0 N–H and O–H groups in total. The summed E-state index contributed by atoms with van der Waals surface area (Å²) >= 11 is 0. The second-order valence-corrected chi connectivity index (χ2v) is 6.01. The number of sulfonamides is 1. The Morgan fingerprint density at radius 2 is 2.13 bits per heavy atom. The topological polar surface area (TPSA) is 55.2 Å². The van der Waals surface area contributed by atoms with E-state index in [1.807, 2.05) is 11.5 Å². The van der Waals surface area contributed by atoms with Gasteiger partial charge in [0.25, 0.3) is 0 Å². The SMILES string of the molecule is CCn1ccnc1[C@@H](C)S(=O)(=O)N(C)C. The van der Waals surface area contributed by atoms with Crippen molar-refractivity contribution in [1.29, 1.82) is 0 Å². The molecule has 0 aliphatic carbocycles.